The van der Waals surface area contributed by atoms with E-state index in [-0.39, 0.29) is 5.91 Å². The molecule has 0 saturated heterocycles. The Morgan fingerprint density at radius 3 is 3.00 bits per heavy atom. The van der Waals surface area contributed by atoms with Crippen LogP contribution >= 0.6 is 33.9 Å². The van der Waals surface area contributed by atoms with Crippen LogP contribution in [0.15, 0.2) is 29.8 Å². The molecule has 0 aliphatic rings. The van der Waals surface area contributed by atoms with Crippen molar-refractivity contribution in [2.45, 2.75) is 0 Å². The Bertz CT molecular complexity index is 472. The highest BCUT2D eigenvalue weighted by Gasteiger charge is 2.07. The van der Waals surface area contributed by atoms with E-state index in [1.807, 2.05) is 18.2 Å². The third-order valence-electron chi connectivity index (χ3n) is 1.67. The number of nitrogens with zero attached hydrogens (tertiary/aromatic N) is 2. The number of carbonyl (C=O) groups excluding carboxylic acids is 1. The topological polar surface area (TPSA) is 54.9 Å². The van der Waals surface area contributed by atoms with Crippen molar-refractivity contribution in [2.75, 3.05) is 5.32 Å². The molecule has 15 heavy (non-hydrogen) atoms. The molecule has 0 radical (unpaired) electrons. The number of anilines is 1. The van der Waals surface area contributed by atoms with Crippen molar-refractivity contribution in [3.8, 4) is 0 Å². The molecule has 1 heterocycles. The number of halogens is 1. The van der Waals surface area contributed by atoms with Crippen molar-refractivity contribution in [2.24, 2.45) is 0 Å². The van der Waals surface area contributed by atoms with Crippen molar-refractivity contribution >= 4 is 45.0 Å². The fourth-order valence-corrected chi connectivity index (χ4v) is 2.01. The Morgan fingerprint density at radius 1 is 1.47 bits per heavy atom. The van der Waals surface area contributed by atoms with Crippen LogP contribution in [-0.2, 0) is 0 Å². The summed E-state index contributed by atoms with van der Waals surface area (Å²) in [4.78, 5) is 11.7. The molecule has 0 unspecified atom stereocenters. The van der Waals surface area contributed by atoms with Crippen LogP contribution in [0.5, 0.6) is 0 Å². The number of benzene rings is 1. The number of amides is 1. The highest BCUT2D eigenvalue weighted by Crippen LogP contribution is 2.12. The average Bonchev–Trinajstić information content (AvgIpc) is 2.70. The summed E-state index contributed by atoms with van der Waals surface area (Å²) >= 11 is 3.46. The van der Waals surface area contributed by atoms with E-state index in [0.29, 0.717) is 10.7 Å². The molecular formula is C9H6IN3OS. The van der Waals surface area contributed by atoms with E-state index >= 15 is 0 Å². The van der Waals surface area contributed by atoms with E-state index in [1.54, 1.807) is 11.6 Å². The summed E-state index contributed by atoms with van der Waals surface area (Å²) in [5, 5.41) is 10.6. The first-order valence-corrected chi connectivity index (χ1v) is 6.04. The maximum absolute atomic E-state index is 11.7. The molecule has 1 N–H and O–H groups in total. The first-order chi connectivity index (χ1) is 7.25. The van der Waals surface area contributed by atoms with Gasteiger partial charge in [0.05, 0.1) is 0 Å². The lowest BCUT2D eigenvalue weighted by atomic mass is 10.2. The smallest absolute Gasteiger partial charge is 0.257 e. The fourth-order valence-electron chi connectivity index (χ4n) is 1.03. The Kier molecular flexibility index (Phi) is 3.27. The maximum Gasteiger partial charge on any atom is 0.257 e. The maximum atomic E-state index is 11.7. The zero-order valence-corrected chi connectivity index (χ0v) is 10.4. The van der Waals surface area contributed by atoms with Gasteiger partial charge in [-0.25, -0.2) is 0 Å². The lowest BCUT2D eigenvalue weighted by molar-refractivity contribution is 0.102. The largest absolute Gasteiger partial charge is 0.296 e. The van der Waals surface area contributed by atoms with E-state index in [0.717, 1.165) is 3.57 Å². The van der Waals surface area contributed by atoms with Crippen molar-refractivity contribution < 1.29 is 4.79 Å². The lowest BCUT2D eigenvalue weighted by Crippen LogP contribution is -2.11. The molecule has 1 aromatic heterocycles. The Hall–Kier alpha value is -1.02. The molecule has 6 heteroatoms. The predicted octanol–water partition coefficient (Wildman–Crippen LogP) is 2.40. The second-order valence-corrected chi connectivity index (χ2v) is 4.79. The number of nitrogens with one attached hydrogen (secondary N) is 1. The quantitative estimate of drug-likeness (QED) is 0.860. The molecule has 2 rings (SSSR count). The number of aromatic nitrogens is 2. The van der Waals surface area contributed by atoms with Gasteiger partial charge in [-0.15, -0.1) is 10.2 Å². The van der Waals surface area contributed by atoms with Gasteiger partial charge in [-0.3, -0.25) is 10.1 Å². The predicted molar refractivity (Wildman–Crippen MR) is 67.0 cm³/mol. The van der Waals surface area contributed by atoms with Gasteiger partial charge in [-0.05, 0) is 40.8 Å². The van der Waals surface area contributed by atoms with Crippen LogP contribution in [0, 0.1) is 3.57 Å². The Labute approximate surface area is 104 Å². The summed E-state index contributed by atoms with van der Waals surface area (Å²) in [5.41, 5.74) is 2.20. The van der Waals surface area contributed by atoms with E-state index in [1.165, 1.54) is 11.3 Å². The summed E-state index contributed by atoms with van der Waals surface area (Å²) in [7, 11) is 0. The molecule has 0 aliphatic carbocycles. The summed E-state index contributed by atoms with van der Waals surface area (Å²) in [6.07, 6.45) is 0. The van der Waals surface area contributed by atoms with Crippen LogP contribution in [0.3, 0.4) is 0 Å². The summed E-state index contributed by atoms with van der Waals surface area (Å²) < 4.78 is 1.03. The van der Waals surface area contributed by atoms with Crippen LogP contribution in [-0.4, -0.2) is 16.1 Å². The van der Waals surface area contributed by atoms with Gasteiger partial charge in [0, 0.05) is 9.13 Å². The third-order valence-corrected chi connectivity index (χ3v) is 2.94. The molecule has 0 spiro atoms. The Morgan fingerprint density at radius 2 is 2.33 bits per heavy atom. The molecule has 0 saturated carbocycles. The number of rotatable bonds is 2. The lowest BCUT2D eigenvalue weighted by Gasteiger charge is -2.00. The highest BCUT2D eigenvalue weighted by atomic mass is 127. The minimum Gasteiger partial charge on any atom is -0.296 e. The number of hydrogen-bond acceptors (Lipinski definition) is 4. The van der Waals surface area contributed by atoms with E-state index < -0.39 is 0 Å². The van der Waals surface area contributed by atoms with Crippen molar-refractivity contribution in [1.82, 2.24) is 10.2 Å². The van der Waals surface area contributed by atoms with Gasteiger partial charge in [0.2, 0.25) is 5.13 Å². The third kappa shape index (κ3) is 2.72. The van der Waals surface area contributed by atoms with E-state index in [9.17, 15) is 4.79 Å². The van der Waals surface area contributed by atoms with Gasteiger partial charge in [0.15, 0.2) is 0 Å². The standard InChI is InChI=1S/C9H6IN3OS/c10-7-3-1-2-6(4-7)8(14)12-9-13-11-5-15-9/h1-5H,(H,12,13,14). The molecule has 0 fully saturated rings. The molecular weight excluding hydrogens is 325 g/mol. The van der Waals surface area contributed by atoms with Crippen LogP contribution in [0.1, 0.15) is 10.4 Å². The first kappa shape index (κ1) is 10.5. The van der Waals surface area contributed by atoms with Gasteiger partial charge in [0.25, 0.3) is 5.91 Å². The molecule has 0 bridgehead atoms. The van der Waals surface area contributed by atoms with E-state index in [2.05, 4.69) is 38.1 Å². The number of hydrogen-bond donors (Lipinski definition) is 1. The summed E-state index contributed by atoms with van der Waals surface area (Å²) in [6.45, 7) is 0. The van der Waals surface area contributed by atoms with Gasteiger partial charge in [-0.2, -0.15) is 0 Å². The van der Waals surface area contributed by atoms with Crippen LogP contribution in [0.2, 0.25) is 0 Å². The average molecular weight is 331 g/mol. The zero-order chi connectivity index (χ0) is 10.7. The molecule has 4 nitrogen and oxygen atoms in total. The van der Waals surface area contributed by atoms with Gasteiger partial charge >= 0.3 is 0 Å². The fraction of sp³-hybridized carbons (Fsp3) is 0. The SMILES string of the molecule is O=C(Nc1nncs1)c1cccc(I)c1. The second kappa shape index (κ2) is 4.67. The zero-order valence-electron chi connectivity index (χ0n) is 7.48. The van der Waals surface area contributed by atoms with Crippen molar-refractivity contribution in [3.05, 3.63) is 38.9 Å². The summed E-state index contributed by atoms with van der Waals surface area (Å²) in [6, 6.07) is 7.36. The summed E-state index contributed by atoms with van der Waals surface area (Å²) in [5.74, 6) is -0.162. The van der Waals surface area contributed by atoms with Crippen molar-refractivity contribution in [3.63, 3.8) is 0 Å². The first-order valence-electron chi connectivity index (χ1n) is 4.09. The van der Waals surface area contributed by atoms with Gasteiger partial charge in [-0.1, -0.05) is 17.4 Å². The second-order valence-electron chi connectivity index (χ2n) is 2.71. The molecule has 0 atom stereocenters. The highest BCUT2D eigenvalue weighted by molar-refractivity contribution is 14.1. The number of carbonyl (C=O) groups is 1. The molecule has 2 aromatic rings. The molecule has 1 amide bonds. The minimum atomic E-state index is -0.162. The normalized spacial score (nSPS) is 9.93. The van der Waals surface area contributed by atoms with Crippen LogP contribution in [0.4, 0.5) is 5.13 Å². The van der Waals surface area contributed by atoms with Gasteiger partial charge < -0.3 is 0 Å². The van der Waals surface area contributed by atoms with Crippen LogP contribution in [0.25, 0.3) is 0 Å². The van der Waals surface area contributed by atoms with Gasteiger partial charge in [0.1, 0.15) is 5.51 Å². The monoisotopic (exact) mass is 331 g/mol. The van der Waals surface area contributed by atoms with E-state index in [4.69, 9.17) is 0 Å². The minimum absolute atomic E-state index is 0.162. The molecule has 76 valence electrons. The van der Waals surface area contributed by atoms with Crippen LogP contribution < -0.4 is 5.32 Å². The van der Waals surface area contributed by atoms with Crippen molar-refractivity contribution in [1.29, 1.82) is 0 Å². The Balaban J connectivity index is 2.15. The molecule has 1 aromatic carbocycles. The molecule has 0 aliphatic heterocycles.